The number of hydrogen-bond donors (Lipinski definition) is 1. The molecule has 1 unspecified atom stereocenters. The van der Waals surface area contributed by atoms with Crippen molar-refractivity contribution in [2.24, 2.45) is 0 Å². The summed E-state index contributed by atoms with van der Waals surface area (Å²) in [6.45, 7) is 0. The Morgan fingerprint density at radius 1 is 0.833 bits per heavy atom. The number of anilines is 2. The second kappa shape index (κ2) is 8.33. The van der Waals surface area contributed by atoms with Crippen molar-refractivity contribution < 1.29 is 18.0 Å². The lowest BCUT2D eigenvalue weighted by molar-refractivity contribution is -0.121. The van der Waals surface area contributed by atoms with Crippen molar-refractivity contribution in [3.8, 4) is 0 Å². The van der Waals surface area contributed by atoms with Gasteiger partial charge in [0.1, 0.15) is 0 Å². The lowest BCUT2D eigenvalue weighted by atomic mass is 10.3. The van der Waals surface area contributed by atoms with E-state index in [-0.39, 0.29) is 23.1 Å². The summed E-state index contributed by atoms with van der Waals surface area (Å²) in [7, 11) is -3.66. The Labute approximate surface area is 179 Å². The van der Waals surface area contributed by atoms with Crippen molar-refractivity contribution in [2.45, 2.75) is 21.5 Å². The Kier molecular flexibility index (Phi) is 5.61. The molecule has 0 saturated carbocycles. The summed E-state index contributed by atoms with van der Waals surface area (Å²) < 4.78 is 27.4. The number of carbonyl (C=O) groups excluding carboxylic acids is 2. The van der Waals surface area contributed by atoms with E-state index in [0.717, 1.165) is 4.90 Å². The van der Waals surface area contributed by atoms with Gasteiger partial charge in [0.05, 0.1) is 15.8 Å². The van der Waals surface area contributed by atoms with Gasteiger partial charge in [0.25, 0.3) is 10.0 Å². The Morgan fingerprint density at radius 2 is 1.43 bits per heavy atom. The van der Waals surface area contributed by atoms with Crippen molar-refractivity contribution in [2.75, 3.05) is 9.62 Å². The van der Waals surface area contributed by atoms with Gasteiger partial charge in [0.2, 0.25) is 11.8 Å². The van der Waals surface area contributed by atoms with Crippen LogP contribution in [0.2, 0.25) is 0 Å². The molecule has 1 aliphatic rings. The first-order chi connectivity index (χ1) is 14.4. The number of hydrogen-bond acceptors (Lipinski definition) is 5. The normalized spacial score (nSPS) is 16.7. The number of rotatable bonds is 6. The van der Waals surface area contributed by atoms with Crippen LogP contribution in [0.25, 0.3) is 0 Å². The molecule has 2 amide bonds. The van der Waals surface area contributed by atoms with Gasteiger partial charge >= 0.3 is 0 Å². The van der Waals surface area contributed by atoms with E-state index in [0.29, 0.717) is 11.4 Å². The molecule has 4 rings (SSSR count). The minimum absolute atomic E-state index is 0.126. The average molecular weight is 439 g/mol. The molecular weight excluding hydrogens is 420 g/mol. The number of amides is 2. The van der Waals surface area contributed by atoms with E-state index in [2.05, 4.69) is 4.72 Å². The number of carbonyl (C=O) groups is 2. The van der Waals surface area contributed by atoms with Crippen LogP contribution in [-0.4, -0.2) is 25.5 Å². The molecule has 1 aliphatic heterocycles. The van der Waals surface area contributed by atoms with Crippen LogP contribution >= 0.6 is 11.8 Å². The Balaban J connectivity index is 1.44. The maximum absolute atomic E-state index is 12.7. The van der Waals surface area contributed by atoms with Crippen molar-refractivity contribution in [1.29, 1.82) is 0 Å². The maximum Gasteiger partial charge on any atom is 0.261 e. The van der Waals surface area contributed by atoms with Crippen LogP contribution in [0, 0.1) is 0 Å². The highest BCUT2D eigenvalue weighted by molar-refractivity contribution is 8.00. The molecule has 8 heteroatoms. The minimum Gasteiger partial charge on any atom is -0.280 e. The van der Waals surface area contributed by atoms with Crippen LogP contribution in [0.5, 0.6) is 0 Å². The molecule has 1 fully saturated rings. The van der Waals surface area contributed by atoms with Crippen molar-refractivity contribution in [3.63, 3.8) is 0 Å². The second-order valence-corrected chi connectivity index (χ2v) is 9.62. The van der Waals surface area contributed by atoms with Gasteiger partial charge in [-0.25, -0.2) is 13.3 Å². The van der Waals surface area contributed by atoms with E-state index in [9.17, 15) is 18.0 Å². The molecule has 0 spiro atoms. The summed E-state index contributed by atoms with van der Waals surface area (Å²) in [5.74, 6) is -0.471. The third-order valence-electron chi connectivity index (χ3n) is 4.56. The predicted molar refractivity (Wildman–Crippen MR) is 117 cm³/mol. The summed E-state index contributed by atoms with van der Waals surface area (Å²) in [5.41, 5.74) is 0.990. The van der Waals surface area contributed by atoms with Crippen LogP contribution in [0.15, 0.2) is 94.7 Å². The van der Waals surface area contributed by atoms with Gasteiger partial charge in [-0.1, -0.05) is 36.4 Å². The fraction of sp³-hybridized carbons (Fsp3) is 0.0909. The Bertz CT molecular complexity index is 1160. The van der Waals surface area contributed by atoms with Crippen LogP contribution in [0.4, 0.5) is 11.4 Å². The lowest BCUT2D eigenvalue weighted by Gasteiger charge is -2.14. The highest BCUT2D eigenvalue weighted by atomic mass is 32.2. The zero-order valence-electron chi connectivity index (χ0n) is 15.8. The van der Waals surface area contributed by atoms with Crippen LogP contribution < -0.4 is 9.62 Å². The molecule has 1 heterocycles. The average Bonchev–Trinajstić information content (AvgIpc) is 3.03. The first kappa shape index (κ1) is 20.2. The maximum atomic E-state index is 12.7. The van der Waals surface area contributed by atoms with Crippen molar-refractivity contribution >= 4 is 45.0 Å². The molecule has 6 nitrogen and oxygen atoms in total. The zero-order valence-corrected chi connectivity index (χ0v) is 17.4. The monoisotopic (exact) mass is 438 g/mol. The summed E-state index contributed by atoms with van der Waals surface area (Å²) in [4.78, 5) is 27.3. The number of nitrogens with zero attached hydrogens (tertiary/aromatic N) is 1. The number of para-hydroxylation sites is 1. The van der Waals surface area contributed by atoms with E-state index in [1.54, 1.807) is 66.7 Å². The largest absolute Gasteiger partial charge is 0.280 e. The van der Waals surface area contributed by atoms with Crippen molar-refractivity contribution in [3.05, 3.63) is 84.9 Å². The number of nitrogens with one attached hydrogen (secondary N) is 1. The molecule has 3 aromatic rings. The topological polar surface area (TPSA) is 83.5 Å². The Morgan fingerprint density at radius 3 is 2.07 bits per heavy atom. The molecule has 0 radical (unpaired) electrons. The molecule has 0 bridgehead atoms. The lowest BCUT2D eigenvalue weighted by Crippen LogP contribution is -2.30. The minimum atomic E-state index is -3.66. The highest BCUT2D eigenvalue weighted by Gasteiger charge is 2.40. The third kappa shape index (κ3) is 4.24. The standard InChI is InChI=1S/C22H18N2O4S2/c25-21-15-20(22(26)24(21)17-7-3-1-4-8-17)29-18-13-11-16(12-14-18)23-30(27,28)19-9-5-2-6-10-19/h1-14,20,23H,15H2. The summed E-state index contributed by atoms with van der Waals surface area (Å²) in [6.07, 6.45) is 0.126. The number of thioether (sulfide) groups is 1. The molecule has 1 atom stereocenters. The molecule has 3 aromatic carbocycles. The molecule has 152 valence electrons. The second-order valence-electron chi connectivity index (χ2n) is 6.66. The fourth-order valence-corrected chi connectivity index (χ4v) is 5.26. The fourth-order valence-electron chi connectivity index (χ4n) is 3.12. The van der Waals surface area contributed by atoms with Gasteiger partial charge in [0, 0.05) is 17.0 Å². The Hall–Kier alpha value is -3.10. The first-order valence-electron chi connectivity index (χ1n) is 9.20. The molecule has 1 saturated heterocycles. The molecule has 0 aliphatic carbocycles. The van der Waals surface area contributed by atoms with Gasteiger partial charge in [-0.2, -0.15) is 0 Å². The highest BCUT2D eigenvalue weighted by Crippen LogP contribution is 2.34. The predicted octanol–water partition coefficient (Wildman–Crippen LogP) is 3.91. The zero-order chi connectivity index (χ0) is 21.1. The number of benzene rings is 3. The molecule has 30 heavy (non-hydrogen) atoms. The van der Waals surface area contributed by atoms with Crippen LogP contribution in [0.1, 0.15) is 6.42 Å². The van der Waals surface area contributed by atoms with E-state index in [4.69, 9.17) is 0 Å². The quantitative estimate of drug-likeness (QED) is 0.590. The van der Waals surface area contributed by atoms with Gasteiger partial charge in [-0.05, 0) is 48.5 Å². The van der Waals surface area contributed by atoms with E-state index in [1.807, 2.05) is 6.07 Å². The summed E-state index contributed by atoms with van der Waals surface area (Å²) in [6, 6.07) is 23.7. The van der Waals surface area contributed by atoms with Crippen LogP contribution in [-0.2, 0) is 19.6 Å². The van der Waals surface area contributed by atoms with E-state index >= 15 is 0 Å². The van der Waals surface area contributed by atoms with Gasteiger partial charge in [-0.15, -0.1) is 11.8 Å². The first-order valence-corrected chi connectivity index (χ1v) is 11.6. The van der Waals surface area contributed by atoms with E-state index < -0.39 is 15.3 Å². The SMILES string of the molecule is O=C1CC(Sc2ccc(NS(=O)(=O)c3ccccc3)cc2)C(=O)N1c1ccccc1. The van der Waals surface area contributed by atoms with Gasteiger partial charge in [0.15, 0.2) is 0 Å². The smallest absolute Gasteiger partial charge is 0.261 e. The molecule has 0 aromatic heterocycles. The summed E-state index contributed by atoms with van der Waals surface area (Å²) in [5, 5.41) is -0.510. The molecular formula is C22H18N2O4S2. The van der Waals surface area contributed by atoms with Crippen molar-refractivity contribution in [1.82, 2.24) is 0 Å². The molecule has 1 N–H and O–H groups in total. The van der Waals surface area contributed by atoms with E-state index in [1.165, 1.54) is 28.8 Å². The van der Waals surface area contributed by atoms with Gasteiger partial charge in [-0.3, -0.25) is 14.3 Å². The third-order valence-corrected chi connectivity index (χ3v) is 7.15. The van der Waals surface area contributed by atoms with Crippen LogP contribution in [0.3, 0.4) is 0 Å². The number of imide groups is 1. The van der Waals surface area contributed by atoms with Gasteiger partial charge < -0.3 is 0 Å². The number of sulfonamides is 1. The summed E-state index contributed by atoms with van der Waals surface area (Å²) >= 11 is 1.30.